The Morgan fingerprint density at radius 3 is 2.37 bits per heavy atom. The highest BCUT2D eigenvalue weighted by molar-refractivity contribution is 6.33. The van der Waals surface area contributed by atoms with E-state index in [1.54, 1.807) is 37.3 Å². The molecule has 0 saturated heterocycles. The molecule has 2 aromatic carbocycles. The van der Waals surface area contributed by atoms with Crippen LogP contribution in [0.15, 0.2) is 54.6 Å². The molecule has 1 heterocycles. The zero-order valence-electron chi connectivity index (χ0n) is 15.0. The number of carbonyl (C=O) groups excluding carboxylic acids is 1. The first-order valence-electron chi connectivity index (χ1n) is 8.46. The van der Waals surface area contributed by atoms with Crippen LogP contribution < -0.4 is 10.6 Å². The third-order valence-electron chi connectivity index (χ3n) is 3.64. The Balaban J connectivity index is 1.76. The first kappa shape index (κ1) is 18.7. The predicted octanol–water partition coefficient (Wildman–Crippen LogP) is 5.10. The summed E-state index contributed by atoms with van der Waals surface area (Å²) in [6.07, 6.45) is 0. The minimum atomic E-state index is -0.340. The summed E-state index contributed by atoms with van der Waals surface area (Å²) in [7, 11) is 0. The van der Waals surface area contributed by atoms with Crippen LogP contribution in [0.3, 0.4) is 0 Å². The Hall–Kier alpha value is -3.12. The standard InChI is InChI=1S/C20H19ClN4O2/c1-3-27-20(26)14-8-10-15(11-9-14)24-18-12-19(23-13(2)22-18)25-17-7-5-4-6-16(17)21/h4-12H,3H2,1-2H3,(H2,22,23,24,25). The van der Waals surface area contributed by atoms with Crippen molar-refractivity contribution < 1.29 is 9.53 Å². The normalized spacial score (nSPS) is 10.3. The molecule has 0 saturated carbocycles. The largest absolute Gasteiger partial charge is 0.462 e. The van der Waals surface area contributed by atoms with Crippen LogP contribution in [0.2, 0.25) is 5.02 Å². The van der Waals surface area contributed by atoms with Gasteiger partial charge in [-0.25, -0.2) is 14.8 Å². The molecule has 0 radical (unpaired) electrons. The summed E-state index contributed by atoms with van der Waals surface area (Å²) < 4.78 is 4.98. The maximum atomic E-state index is 11.7. The molecule has 0 spiro atoms. The molecule has 3 aromatic rings. The first-order chi connectivity index (χ1) is 13.0. The summed E-state index contributed by atoms with van der Waals surface area (Å²) in [5.41, 5.74) is 2.06. The third kappa shape index (κ3) is 4.95. The van der Waals surface area contributed by atoms with E-state index < -0.39 is 0 Å². The van der Waals surface area contributed by atoms with Gasteiger partial charge in [0, 0.05) is 11.8 Å². The SMILES string of the molecule is CCOC(=O)c1ccc(Nc2cc(Nc3ccccc3Cl)nc(C)n2)cc1. The number of hydrogen-bond acceptors (Lipinski definition) is 6. The number of hydrogen-bond donors (Lipinski definition) is 2. The summed E-state index contributed by atoms with van der Waals surface area (Å²) >= 11 is 6.19. The van der Waals surface area contributed by atoms with Gasteiger partial charge in [-0.3, -0.25) is 0 Å². The highest BCUT2D eigenvalue weighted by atomic mass is 35.5. The Bertz CT molecular complexity index is 945. The zero-order chi connectivity index (χ0) is 19.2. The van der Waals surface area contributed by atoms with Gasteiger partial charge in [-0.1, -0.05) is 23.7 Å². The van der Waals surface area contributed by atoms with Crippen LogP contribution in [-0.4, -0.2) is 22.5 Å². The van der Waals surface area contributed by atoms with Gasteiger partial charge in [0.1, 0.15) is 17.5 Å². The smallest absolute Gasteiger partial charge is 0.338 e. The highest BCUT2D eigenvalue weighted by Crippen LogP contribution is 2.25. The number of nitrogens with one attached hydrogen (secondary N) is 2. The van der Waals surface area contributed by atoms with Crippen molar-refractivity contribution in [2.45, 2.75) is 13.8 Å². The number of rotatable bonds is 6. The minimum Gasteiger partial charge on any atom is -0.462 e. The second-order valence-electron chi connectivity index (χ2n) is 5.71. The number of aromatic nitrogens is 2. The molecule has 0 aliphatic carbocycles. The molecule has 6 nitrogen and oxygen atoms in total. The number of ether oxygens (including phenoxy) is 1. The second-order valence-corrected chi connectivity index (χ2v) is 6.12. The summed E-state index contributed by atoms with van der Waals surface area (Å²) in [5, 5.41) is 7.01. The Morgan fingerprint density at radius 1 is 1.04 bits per heavy atom. The molecule has 2 N–H and O–H groups in total. The number of para-hydroxylation sites is 1. The average molecular weight is 383 g/mol. The van der Waals surface area contributed by atoms with Gasteiger partial charge in [0.2, 0.25) is 0 Å². The maximum absolute atomic E-state index is 11.7. The van der Waals surface area contributed by atoms with Crippen molar-refractivity contribution in [3.05, 3.63) is 71.0 Å². The van der Waals surface area contributed by atoms with E-state index in [0.29, 0.717) is 34.7 Å². The molecular formula is C20H19ClN4O2. The van der Waals surface area contributed by atoms with Crippen molar-refractivity contribution >= 4 is 40.6 Å². The van der Waals surface area contributed by atoms with Crippen molar-refractivity contribution in [2.24, 2.45) is 0 Å². The first-order valence-corrected chi connectivity index (χ1v) is 8.84. The van der Waals surface area contributed by atoms with Crippen LogP contribution in [-0.2, 0) is 4.74 Å². The van der Waals surface area contributed by atoms with Gasteiger partial charge >= 0.3 is 5.97 Å². The fraction of sp³-hybridized carbons (Fsp3) is 0.150. The summed E-state index contributed by atoms with van der Waals surface area (Å²) in [4.78, 5) is 20.5. The molecular weight excluding hydrogens is 364 g/mol. The van der Waals surface area contributed by atoms with Crippen molar-refractivity contribution in [1.29, 1.82) is 0 Å². The molecule has 0 bridgehead atoms. The van der Waals surface area contributed by atoms with Crippen LogP contribution in [0.5, 0.6) is 0 Å². The van der Waals surface area contributed by atoms with Crippen LogP contribution in [0.4, 0.5) is 23.0 Å². The van der Waals surface area contributed by atoms with E-state index >= 15 is 0 Å². The molecule has 0 aliphatic heterocycles. The number of nitrogens with zero attached hydrogens (tertiary/aromatic N) is 2. The molecule has 3 rings (SSSR count). The van der Waals surface area contributed by atoms with Gasteiger partial charge < -0.3 is 15.4 Å². The van der Waals surface area contributed by atoms with Crippen LogP contribution >= 0.6 is 11.6 Å². The monoisotopic (exact) mass is 382 g/mol. The van der Waals surface area contributed by atoms with E-state index in [4.69, 9.17) is 16.3 Å². The lowest BCUT2D eigenvalue weighted by Crippen LogP contribution is -2.05. The lowest BCUT2D eigenvalue weighted by molar-refractivity contribution is 0.0526. The number of anilines is 4. The average Bonchev–Trinajstić information content (AvgIpc) is 2.64. The number of esters is 1. The van der Waals surface area contributed by atoms with Crippen molar-refractivity contribution in [3.63, 3.8) is 0 Å². The summed E-state index contributed by atoms with van der Waals surface area (Å²) in [5.74, 6) is 1.52. The molecule has 0 amide bonds. The third-order valence-corrected chi connectivity index (χ3v) is 3.97. The van der Waals surface area contributed by atoms with Gasteiger partial charge in [-0.05, 0) is 50.2 Å². The lowest BCUT2D eigenvalue weighted by atomic mass is 10.2. The van der Waals surface area contributed by atoms with Gasteiger partial charge in [0.15, 0.2) is 0 Å². The fourth-order valence-electron chi connectivity index (χ4n) is 2.45. The van der Waals surface area contributed by atoms with E-state index in [1.165, 1.54) is 0 Å². The summed E-state index contributed by atoms with van der Waals surface area (Å²) in [6.45, 7) is 3.94. The number of halogens is 1. The van der Waals surface area contributed by atoms with Gasteiger partial charge in [-0.2, -0.15) is 0 Å². The highest BCUT2D eigenvalue weighted by Gasteiger charge is 2.08. The topological polar surface area (TPSA) is 76.1 Å². The molecule has 0 atom stereocenters. The lowest BCUT2D eigenvalue weighted by Gasteiger charge is -2.11. The van der Waals surface area contributed by atoms with E-state index in [1.807, 2.05) is 31.2 Å². The number of carbonyl (C=O) groups is 1. The van der Waals surface area contributed by atoms with Gasteiger partial charge in [0.25, 0.3) is 0 Å². The molecule has 7 heteroatoms. The minimum absolute atomic E-state index is 0.340. The predicted molar refractivity (Wildman–Crippen MR) is 107 cm³/mol. The molecule has 0 fully saturated rings. The second kappa shape index (κ2) is 8.51. The molecule has 0 aliphatic rings. The molecule has 0 unspecified atom stereocenters. The van der Waals surface area contributed by atoms with Crippen LogP contribution in [0.1, 0.15) is 23.1 Å². The van der Waals surface area contributed by atoms with E-state index in [-0.39, 0.29) is 5.97 Å². The molecule has 1 aromatic heterocycles. The number of aryl methyl sites for hydroxylation is 1. The van der Waals surface area contributed by atoms with Crippen molar-refractivity contribution in [1.82, 2.24) is 9.97 Å². The van der Waals surface area contributed by atoms with Crippen LogP contribution in [0, 0.1) is 6.92 Å². The quantitative estimate of drug-likeness (QED) is 0.577. The van der Waals surface area contributed by atoms with E-state index in [9.17, 15) is 4.79 Å². The summed E-state index contributed by atoms with van der Waals surface area (Å²) in [6, 6.07) is 16.2. The molecule has 138 valence electrons. The molecule has 27 heavy (non-hydrogen) atoms. The number of benzene rings is 2. The maximum Gasteiger partial charge on any atom is 0.338 e. The fourth-order valence-corrected chi connectivity index (χ4v) is 2.63. The van der Waals surface area contributed by atoms with Crippen LogP contribution in [0.25, 0.3) is 0 Å². The Morgan fingerprint density at radius 2 is 1.70 bits per heavy atom. The van der Waals surface area contributed by atoms with Crippen molar-refractivity contribution in [3.8, 4) is 0 Å². The van der Waals surface area contributed by atoms with Gasteiger partial charge in [0.05, 0.1) is 22.9 Å². The van der Waals surface area contributed by atoms with E-state index in [2.05, 4.69) is 20.6 Å². The zero-order valence-corrected chi connectivity index (χ0v) is 15.7. The Labute approximate surface area is 162 Å². The van der Waals surface area contributed by atoms with Gasteiger partial charge in [-0.15, -0.1) is 0 Å². The van der Waals surface area contributed by atoms with Crippen molar-refractivity contribution in [2.75, 3.05) is 17.2 Å². The Kier molecular flexibility index (Phi) is 5.88. The van der Waals surface area contributed by atoms with E-state index in [0.717, 1.165) is 11.4 Å².